The van der Waals surface area contributed by atoms with E-state index in [4.69, 9.17) is 4.74 Å². The van der Waals surface area contributed by atoms with E-state index in [0.717, 1.165) is 10.6 Å². The number of nitrogens with zero attached hydrogens (tertiary/aromatic N) is 3. The summed E-state index contributed by atoms with van der Waals surface area (Å²) < 4.78 is 33.1. The molecule has 0 spiro atoms. The van der Waals surface area contributed by atoms with Gasteiger partial charge >= 0.3 is 0 Å². The Kier molecular flexibility index (Phi) is 8.10. The van der Waals surface area contributed by atoms with Crippen molar-refractivity contribution in [3.63, 3.8) is 0 Å². The van der Waals surface area contributed by atoms with Crippen LogP contribution in [0.2, 0.25) is 0 Å². The molecule has 0 saturated carbocycles. The fourth-order valence-corrected chi connectivity index (χ4v) is 5.93. The van der Waals surface area contributed by atoms with E-state index in [1.54, 1.807) is 34.4 Å². The first-order valence-corrected chi connectivity index (χ1v) is 13.0. The molecule has 0 atom stereocenters. The molecule has 7 nitrogen and oxygen atoms in total. The Balaban J connectivity index is 2.03. The summed E-state index contributed by atoms with van der Waals surface area (Å²) in [5.41, 5.74) is 1.19. The first kappa shape index (κ1) is 23.7. The Morgan fingerprint density at radius 2 is 1.81 bits per heavy atom. The second-order valence-corrected chi connectivity index (χ2v) is 10.2. The van der Waals surface area contributed by atoms with Gasteiger partial charge in [0.15, 0.2) is 0 Å². The van der Waals surface area contributed by atoms with Crippen molar-refractivity contribution in [1.29, 1.82) is 0 Å². The van der Waals surface area contributed by atoms with Gasteiger partial charge in [-0.1, -0.05) is 19.9 Å². The van der Waals surface area contributed by atoms with Gasteiger partial charge in [0.25, 0.3) is 5.91 Å². The predicted octanol–water partition coefficient (Wildman–Crippen LogP) is 3.28. The highest BCUT2D eigenvalue weighted by molar-refractivity contribution is 7.89. The van der Waals surface area contributed by atoms with Gasteiger partial charge in [-0.05, 0) is 36.6 Å². The van der Waals surface area contributed by atoms with Crippen LogP contribution in [0, 0.1) is 0 Å². The smallest absolute Gasteiger partial charge is 0.256 e. The highest BCUT2D eigenvalue weighted by atomic mass is 32.2. The van der Waals surface area contributed by atoms with Gasteiger partial charge in [-0.3, -0.25) is 4.79 Å². The molecule has 9 heteroatoms. The average Bonchev–Trinajstić information content (AvgIpc) is 3.31. The maximum Gasteiger partial charge on any atom is 0.256 e. The van der Waals surface area contributed by atoms with Crippen molar-refractivity contribution in [2.24, 2.45) is 0 Å². The third kappa shape index (κ3) is 5.28. The number of sulfonamides is 1. The van der Waals surface area contributed by atoms with Crippen molar-refractivity contribution in [3.8, 4) is 0 Å². The molecule has 2 heterocycles. The molecule has 0 radical (unpaired) electrons. The van der Waals surface area contributed by atoms with Crippen LogP contribution < -0.4 is 4.90 Å². The molecule has 1 aliphatic heterocycles. The number of hydrogen-bond donors (Lipinski definition) is 0. The summed E-state index contributed by atoms with van der Waals surface area (Å²) in [7, 11) is -3.67. The van der Waals surface area contributed by atoms with E-state index in [9.17, 15) is 13.2 Å². The van der Waals surface area contributed by atoms with E-state index in [-0.39, 0.29) is 10.8 Å². The minimum atomic E-state index is -3.67. The lowest BCUT2D eigenvalue weighted by atomic mass is 10.1. The zero-order valence-corrected chi connectivity index (χ0v) is 20.0. The molecule has 1 amide bonds. The van der Waals surface area contributed by atoms with Crippen molar-refractivity contribution < 1.29 is 17.9 Å². The normalized spacial score (nSPS) is 14.8. The molecule has 1 fully saturated rings. The first-order chi connectivity index (χ1) is 14.9. The first-order valence-electron chi connectivity index (χ1n) is 10.7. The summed E-state index contributed by atoms with van der Waals surface area (Å²) in [6.07, 6.45) is 0. The van der Waals surface area contributed by atoms with Crippen LogP contribution in [-0.4, -0.2) is 69.5 Å². The van der Waals surface area contributed by atoms with Gasteiger partial charge in [-0.25, -0.2) is 8.42 Å². The van der Waals surface area contributed by atoms with Crippen LogP contribution in [-0.2, 0) is 21.3 Å². The molecule has 0 unspecified atom stereocenters. The van der Waals surface area contributed by atoms with E-state index < -0.39 is 10.0 Å². The highest BCUT2D eigenvalue weighted by Gasteiger charge is 2.28. The van der Waals surface area contributed by atoms with Crippen LogP contribution in [0.25, 0.3) is 0 Å². The summed E-state index contributed by atoms with van der Waals surface area (Å²) in [5.74, 6) is -0.158. The minimum absolute atomic E-state index is 0.156. The molecule has 0 aliphatic carbocycles. The van der Waals surface area contributed by atoms with Crippen LogP contribution in [0.15, 0.2) is 40.6 Å². The zero-order chi connectivity index (χ0) is 22.4. The lowest BCUT2D eigenvalue weighted by Crippen LogP contribution is -2.39. The van der Waals surface area contributed by atoms with Gasteiger partial charge in [-0.15, -0.1) is 11.3 Å². The van der Waals surface area contributed by atoms with Gasteiger partial charge in [0.05, 0.1) is 30.2 Å². The lowest BCUT2D eigenvalue weighted by Gasteiger charge is -2.32. The highest BCUT2D eigenvalue weighted by Crippen LogP contribution is 2.28. The molecule has 2 aromatic rings. The number of thiophene rings is 1. The fourth-order valence-electron chi connectivity index (χ4n) is 3.73. The Labute approximate surface area is 189 Å². The average molecular weight is 466 g/mol. The van der Waals surface area contributed by atoms with E-state index in [1.165, 1.54) is 4.31 Å². The summed E-state index contributed by atoms with van der Waals surface area (Å²) in [4.78, 5) is 18.7. The number of benzene rings is 1. The molecule has 31 heavy (non-hydrogen) atoms. The van der Waals surface area contributed by atoms with E-state index >= 15 is 0 Å². The van der Waals surface area contributed by atoms with E-state index in [1.807, 2.05) is 38.3 Å². The molecule has 0 N–H and O–H groups in total. The van der Waals surface area contributed by atoms with Crippen molar-refractivity contribution in [1.82, 2.24) is 9.21 Å². The number of morpholine rings is 1. The van der Waals surface area contributed by atoms with Gasteiger partial charge in [0, 0.05) is 43.3 Å². The second-order valence-electron chi connectivity index (χ2n) is 7.27. The molecular formula is C22H31N3O4S2. The number of amides is 1. The molecule has 1 aromatic heterocycles. The summed E-state index contributed by atoms with van der Waals surface area (Å²) in [6.45, 7) is 9.87. The molecule has 1 saturated heterocycles. The second kappa shape index (κ2) is 10.6. The SMILES string of the molecule is CCN(Cc1cccs1)C(=O)c1cc(S(=O)(=O)N(CC)CC)ccc1N1CCOCC1. The molecular weight excluding hydrogens is 434 g/mol. The number of carbonyl (C=O) groups is 1. The van der Waals surface area contributed by atoms with Crippen molar-refractivity contribution >= 4 is 33.0 Å². The van der Waals surface area contributed by atoms with Crippen molar-refractivity contribution in [3.05, 3.63) is 46.2 Å². The Hall–Kier alpha value is -1.94. The Morgan fingerprint density at radius 3 is 2.39 bits per heavy atom. The monoisotopic (exact) mass is 465 g/mol. The maximum absolute atomic E-state index is 13.6. The van der Waals surface area contributed by atoms with Crippen LogP contribution in [0.4, 0.5) is 5.69 Å². The van der Waals surface area contributed by atoms with Crippen LogP contribution in [0.5, 0.6) is 0 Å². The number of carbonyl (C=O) groups excluding carboxylic acids is 1. The molecule has 3 rings (SSSR count). The predicted molar refractivity (Wildman–Crippen MR) is 124 cm³/mol. The van der Waals surface area contributed by atoms with E-state index in [2.05, 4.69) is 4.90 Å². The quantitative estimate of drug-likeness (QED) is 0.568. The summed E-state index contributed by atoms with van der Waals surface area (Å²) >= 11 is 1.61. The van der Waals surface area contributed by atoms with Crippen LogP contribution >= 0.6 is 11.3 Å². The number of hydrogen-bond acceptors (Lipinski definition) is 6. The summed E-state index contributed by atoms with van der Waals surface area (Å²) in [5, 5.41) is 1.99. The van der Waals surface area contributed by atoms with Crippen LogP contribution in [0.1, 0.15) is 36.0 Å². The van der Waals surface area contributed by atoms with Gasteiger partial charge in [0.2, 0.25) is 10.0 Å². The Morgan fingerprint density at radius 1 is 1.10 bits per heavy atom. The third-order valence-corrected chi connectivity index (χ3v) is 8.40. The van der Waals surface area contributed by atoms with Gasteiger partial charge in [-0.2, -0.15) is 4.31 Å². The number of rotatable bonds is 9. The van der Waals surface area contributed by atoms with Crippen molar-refractivity contribution in [2.75, 3.05) is 50.8 Å². The largest absolute Gasteiger partial charge is 0.378 e. The maximum atomic E-state index is 13.6. The van der Waals surface area contributed by atoms with Gasteiger partial charge < -0.3 is 14.5 Å². The molecule has 1 aromatic carbocycles. The summed E-state index contributed by atoms with van der Waals surface area (Å²) in [6, 6.07) is 8.91. The molecule has 1 aliphatic rings. The third-order valence-electron chi connectivity index (χ3n) is 5.49. The molecule has 170 valence electrons. The standard InChI is InChI=1S/C22H31N3O4S2/c1-4-23(17-18-8-7-15-30-18)22(26)20-16-19(31(27,28)25(5-2)6-3)9-10-21(20)24-11-13-29-14-12-24/h7-10,15-16H,4-6,11-14,17H2,1-3H3. The van der Waals surface area contributed by atoms with Crippen molar-refractivity contribution in [2.45, 2.75) is 32.2 Å². The zero-order valence-electron chi connectivity index (χ0n) is 18.4. The topological polar surface area (TPSA) is 70.2 Å². The lowest BCUT2D eigenvalue weighted by molar-refractivity contribution is 0.0753. The fraction of sp³-hybridized carbons (Fsp3) is 0.500. The van der Waals surface area contributed by atoms with Crippen LogP contribution in [0.3, 0.4) is 0 Å². The minimum Gasteiger partial charge on any atom is -0.378 e. The number of anilines is 1. The van der Waals surface area contributed by atoms with Gasteiger partial charge in [0.1, 0.15) is 0 Å². The number of ether oxygens (including phenoxy) is 1. The van der Waals surface area contributed by atoms with E-state index in [0.29, 0.717) is 58.0 Å². The molecule has 0 bridgehead atoms. The Bertz CT molecular complexity index is 967.